The fourth-order valence-corrected chi connectivity index (χ4v) is 4.20. The van der Waals surface area contributed by atoms with E-state index in [1.54, 1.807) is 33.3 Å². The van der Waals surface area contributed by atoms with E-state index in [-0.39, 0.29) is 30.2 Å². The first-order valence-electron chi connectivity index (χ1n) is 10.8. The number of nitrogens with zero attached hydrogens (tertiary/aromatic N) is 2. The minimum Gasteiger partial charge on any atom is -0.332 e. The van der Waals surface area contributed by atoms with Gasteiger partial charge in [-0.3, -0.25) is 9.59 Å². The van der Waals surface area contributed by atoms with Crippen LogP contribution in [0.4, 0.5) is 4.39 Å². The van der Waals surface area contributed by atoms with Crippen molar-refractivity contribution in [3.8, 4) is 0 Å². The van der Waals surface area contributed by atoms with Crippen molar-refractivity contribution in [3.05, 3.63) is 93.9 Å². The molecule has 0 aliphatic rings. The molecule has 0 saturated heterocycles. The molecule has 3 aromatic rings. The van der Waals surface area contributed by atoms with E-state index in [1.807, 2.05) is 61.7 Å². The van der Waals surface area contributed by atoms with E-state index in [4.69, 9.17) is 0 Å². The number of carbonyl (C=O) groups excluding carboxylic acids is 2. The molecule has 1 aromatic heterocycles. The Morgan fingerprint density at radius 1 is 0.875 bits per heavy atom. The first kappa shape index (κ1) is 23.7. The van der Waals surface area contributed by atoms with Crippen LogP contribution >= 0.6 is 11.3 Å². The topological polar surface area (TPSA) is 40.6 Å². The molecule has 4 nitrogen and oxygen atoms in total. The van der Waals surface area contributed by atoms with Crippen LogP contribution in [0, 0.1) is 5.82 Å². The number of hydrogen-bond donors (Lipinski definition) is 0. The maximum atomic E-state index is 13.3. The van der Waals surface area contributed by atoms with Crippen molar-refractivity contribution >= 4 is 23.2 Å². The van der Waals surface area contributed by atoms with Gasteiger partial charge in [-0.2, -0.15) is 0 Å². The van der Waals surface area contributed by atoms with Gasteiger partial charge in [0.1, 0.15) is 5.82 Å². The van der Waals surface area contributed by atoms with E-state index in [2.05, 4.69) is 0 Å². The van der Waals surface area contributed by atoms with Gasteiger partial charge in [0.15, 0.2) is 0 Å². The Morgan fingerprint density at radius 2 is 1.59 bits per heavy atom. The average Bonchev–Trinajstić information content (AvgIpc) is 3.30. The van der Waals surface area contributed by atoms with Crippen molar-refractivity contribution in [2.45, 2.75) is 45.8 Å². The average molecular weight is 453 g/mol. The molecule has 168 valence electrons. The predicted octanol–water partition coefficient (Wildman–Crippen LogP) is 5.29. The van der Waals surface area contributed by atoms with Crippen LogP contribution in [0.3, 0.4) is 0 Å². The lowest BCUT2D eigenvalue weighted by molar-refractivity contribution is -0.142. The Hall–Kier alpha value is -2.99. The van der Waals surface area contributed by atoms with Gasteiger partial charge in [0.25, 0.3) is 0 Å². The van der Waals surface area contributed by atoms with E-state index in [0.29, 0.717) is 25.9 Å². The molecule has 0 unspecified atom stereocenters. The summed E-state index contributed by atoms with van der Waals surface area (Å²) >= 11 is 1.58. The zero-order valence-electron chi connectivity index (χ0n) is 18.5. The van der Waals surface area contributed by atoms with Crippen molar-refractivity contribution in [1.29, 1.82) is 0 Å². The standard InChI is InChI=1S/C26H29FN2O2S/c1-20(2)29(25(30)15-12-21-7-4-3-5-8-21)19-26(31)28(18-24-9-6-16-32-24)17-22-10-13-23(27)14-11-22/h3-11,13-14,16,20H,12,15,17-19H2,1-2H3. The smallest absolute Gasteiger partial charge is 0.242 e. The van der Waals surface area contributed by atoms with Crippen molar-refractivity contribution < 1.29 is 14.0 Å². The predicted molar refractivity (Wildman–Crippen MR) is 127 cm³/mol. The summed E-state index contributed by atoms with van der Waals surface area (Å²) in [5, 5.41) is 1.98. The van der Waals surface area contributed by atoms with Gasteiger partial charge in [0.2, 0.25) is 11.8 Å². The van der Waals surface area contributed by atoms with Gasteiger partial charge in [-0.25, -0.2) is 4.39 Å². The Labute approximate surface area is 193 Å². The molecule has 2 aromatic carbocycles. The lowest BCUT2D eigenvalue weighted by Crippen LogP contribution is -2.45. The van der Waals surface area contributed by atoms with E-state index >= 15 is 0 Å². The molecule has 0 spiro atoms. The van der Waals surface area contributed by atoms with Gasteiger partial charge < -0.3 is 9.80 Å². The minimum atomic E-state index is -0.306. The second-order valence-corrected chi connectivity index (χ2v) is 9.09. The largest absolute Gasteiger partial charge is 0.332 e. The molecule has 0 atom stereocenters. The Kier molecular flexibility index (Phi) is 8.56. The summed E-state index contributed by atoms with van der Waals surface area (Å²) in [5.74, 6) is -0.459. The normalized spacial score (nSPS) is 10.9. The van der Waals surface area contributed by atoms with E-state index < -0.39 is 0 Å². The van der Waals surface area contributed by atoms with Gasteiger partial charge in [0.05, 0.1) is 13.1 Å². The van der Waals surface area contributed by atoms with Crippen LogP contribution < -0.4 is 0 Å². The van der Waals surface area contributed by atoms with Gasteiger partial charge >= 0.3 is 0 Å². The molecule has 0 aliphatic carbocycles. The summed E-state index contributed by atoms with van der Waals surface area (Å²) in [7, 11) is 0. The zero-order valence-corrected chi connectivity index (χ0v) is 19.4. The monoisotopic (exact) mass is 452 g/mol. The number of hydrogen-bond acceptors (Lipinski definition) is 3. The molecule has 0 radical (unpaired) electrons. The molecule has 6 heteroatoms. The molecule has 0 N–H and O–H groups in total. The molecular weight excluding hydrogens is 423 g/mol. The van der Waals surface area contributed by atoms with Crippen LogP contribution in [0.5, 0.6) is 0 Å². The quantitative estimate of drug-likeness (QED) is 0.420. The third-order valence-electron chi connectivity index (χ3n) is 5.29. The highest BCUT2D eigenvalue weighted by molar-refractivity contribution is 7.09. The third kappa shape index (κ3) is 7.02. The lowest BCUT2D eigenvalue weighted by atomic mass is 10.1. The van der Waals surface area contributed by atoms with Gasteiger partial charge in [-0.15, -0.1) is 11.3 Å². The number of halogens is 1. The van der Waals surface area contributed by atoms with Crippen LogP contribution in [0.1, 0.15) is 36.3 Å². The summed E-state index contributed by atoms with van der Waals surface area (Å²) in [6, 6.07) is 19.9. The fraction of sp³-hybridized carbons (Fsp3) is 0.308. The first-order chi connectivity index (χ1) is 15.4. The first-order valence-corrected chi connectivity index (χ1v) is 11.7. The number of aryl methyl sites for hydroxylation is 1. The van der Waals surface area contributed by atoms with Gasteiger partial charge in [-0.05, 0) is 55.0 Å². The highest BCUT2D eigenvalue weighted by Crippen LogP contribution is 2.16. The number of thiophene rings is 1. The second kappa shape index (κ2) is 11.6. The fourth-order valence-electron chi connectivity index (χ4n) is 3.48. The molecule has 1 heterocycles. The number of carbonyl (C=O) groups is 2. The molecule has 0 bridgehead atoms. The summed E-state index contributed by atoms with van der Waals surface area (Å²) in [6.07, 6.45) is 1.00. The summed E-state index contributed by atoms with van der Waals surface area (Å²) < 4.78 is 13.3. The number of rotatable bonds is 10. The SMILES string of the molecule is CC(C)N(CC(=O)N(Cc1ccc(F)cc1)Cc1cccs1)C(=O)CCc1ccccc1. The second-order valence-electron chi connectivity index (χ2n) is 8.06. The molecule has 0 saturated carbocycles. The maximum Gasteiger partial charge on any atom is 0.242 e. The van der Waals surface area contributed by atoms with Crippen molar-refractivity contribution in [2.75, 3.05) is 6.54 Å². The van der Waals surface area contributed by atoms with Crippen LogP contribution in [-0.4, -0.2) is 34.2 Å². The van der Waals surface area contributed by atoms with E-state index in [9.17, 15) is 14.0 Å². The van der Waals surface area contributed by atoms with E-state index in [1.165, 1.54) is 12.1 Å². The summed E-state index contributed by atoms with van der Waals surface area (Å²) in [5.41, 5.74) is 1.95. The Bertz CT molecular complexity index is 988. The van der Waals surface area contributed by atoms with Crippen LogP contribution in [0.15, 0.2) is 72.1 Å². The summed E-state index contributed by atoms with van der Waals surface area (Å²) in [6.45, 7) is 4.70. The minimum absolute atomic E-state index is 0.0257. The molecular formula is C26H29FN2O2S. The molecule has 3 rings (SSSR count). The van der Waals surface area contributed by atoms with Crippen molar-refractivity contribution in [1.82, 2.24) is 9.80 Å². The zero-order chi connectivity index (χ0) is 22.9. The number of amides is 2. The maximum absolute atomic E-state index is 13.3. The van der Waals surface area contributed by atoms with Gasteiger partial charge in [-0.1, -0.05) is 48.5 Å². The third-order valence-corrected chi connectivity index (χ3v) is 6.15. The van der Waals surface area contributed by atoms with Crippen molar-refractivity contribution in [2.24, 2.45) is 0 Å². The molecule has 32 heavy (non-hydrogen) atoms. The molecule has 0 aliphatic heterocycles. The Balaban J connectivity index is 1.69. The lowest BCUT2D eigenvalue weighted by Gasteiger charge is -2.30. The summed E-state index contributed by atoms with van der Waals surface area (Å²) in [4.78, 5) is 30.7. The van der Waals surface area contributed by atoms with Crippen LogP contribution in [0.25, 0.3) is 0 Å². The molecule has 2 amide bonds. The Morgan fingerprint density at radius 3 is 2.22 bits per heavy atom. The highest BCUT2D eigenvalue weighted by atomic mass is 32.1. The van der Waals surface area contributed by atoms with E-state index in [0.717, 1.165) is 16.0 Å². The number of benzene rings is 2. The molecule has 0 fully saturated rings. The van der Waals surface area contributed by atoms with Crippen LogP contribution in [-0.2, 0) is 29.1 Å². The highest BCUT2D eigenvalue weighted by Gasteiger charge is 2.24. The van der Waals surface area contributed by atoms with Crippen LogP contribution in [0.2, 0.25) is 0 Å². The van der Waals surface area contributed by atoms with Crippen molar-refractivity contribution in [3.63, 3.8) is 0 Å². The van der Waals surface area contributed by atoms with Gasteiger partial charge in [0, 0.05) is 23.9 Å².